The summed E-state index contributed by atoms with van der Waals surface area (Å²) in [5.74, 6) is -1.11. The maximum atomic E-state index is 12.6. The van der Waals surface area contributed by atoms with Crippen LogP contribution in [0.5, 0.6) is 0 Å². The number of carboxylic acid groups (broad SMARTS) is 1. The summed E-state index contributed by atoms with van der Waals surface area (Å²) in [4.78, 5) is 27.7. The Morgan fingerprint density at radius 1 is 1.16 bits per heavy atom. The summed E-state index contributed by atoms with van der Waals surface area (Å²) in [5.41, 5.74) is 1.70. The van der Waals surface area contributed by atoms with Crippen LogP contribution < -0.4 is 0 Å². The minimum absolute atomic E-state index is 0.190. The highest BCUT2D eigenvalue weighted by atomic mass is 16.5. The van der Waals surface area contributed by atoms with E-state index in [1.165, 1.54) is 4.90 Å². The van der Waals surface area contributed by atoms with Crippen molar-refractivity contribution in [1.82, 2.24) is 9.80 Å². The van der Waals surface area contributed by atoms with Gasteiger partial charge >= 0.3 is 5.97 Å². The van der Waals surface area contributed by atoms with E-state index in [2.05, 4.69) is 18.7 Å². The SMILES string of the molecule is CC1CN(Cc2ccc(C(=O)N3CCCC3C(=O)O)cc2)CC(C)O1. The Balaban J connectivity index is 1.64. The topological polar surface area (TPSA) is 70.1 Å². The minimum Gasteiger partial charge on any atom is -0.480 e. The van der Waals surface area contributed by atoms with Gasteiger partial charge in [-0.15, -0.1) is 0 Å². The predicted octanol–water partition coefficient (Wildman–Crippen LogP) is 1.99. The molecule has 1 aromatic carbocycles. The van der Waals surface area contributed by atoms with Gasteiger partial charge in [0.2, 0.25) is 0 Å². The van der Waals surface area contributed by atoms with Gasteiger partial charge in [-0.05, 0) is 44.4 Å². The molecule has 1 amide bonds. The molecule has 136 valence electrons. The molecule has 0 saturated carbocycles. The van der Waals surface area contributed by atoms with Crippen LogP contribution in [-0.2, 0) is 16.1 Å². The Labute approximate surface area is 148 Å². The smallest absolute Gasteiger partial charge is 0.326 e. The lowest BCUT2D eigenvalue weighted by Crippen LogP contribution is -2.44. The number of benzene rings is 1. The van der Waals surface area contributed by atoms with Gasteiger partial charge in [0.05, 0.1) is 12.2 Å². The van der Waals surface area contributed by atoms with E-state index in [1.54, 1.807) is 0 Å². The third-order valence-electron chi connectivity index (χ3n) is 4.90. The Bertz CT molecular complexity index is 621. The van der Waals surface area contributed by atoms with Crippen LogP contribution in [0.2, 0.25) is 0 Å². The number of morpholine rings is 1. The molecule has 3 unspecified atom stereocenters. The van der Waals surface area contributed by atoms with Gasteiger partial charge in [0.1, 0.15) is 6.04 Å². The monoisotopic (exact) mass is 346 g/mol. The van der Waals surface area contributed by atoms with Crippen molar-refractivity contribution >= 4 is 11.9 Å². The molecule has 2 heterocycles. The highest BCUT2D eigenvalue weighted by Crippen LogP contribution is 2.21. The van der Waals surface area contributed by atoms with Crippen molar-refractivity contribution in [3.8, 4) is 0 Å². The number of likely N-dealkylation sites (tertiary alicyclic amines) is 1. The number of nitrogens with zero attached hydrogens (tertiary/aromatic N) is 2. The molecule has 25 heavy (non-hydrogen) atoms. The molecule has 3 rings (SSSR count). The normalized spacial score (nSPS) is 27.4. The number of carbonyl (C=O) groups excluding carboxylic acids is 1. The summed E-state index contributed by atoms with van der Waals surface area (Å²) in [6.45, 7) is 7.31. The minimum atomic E-state index is -0.918. The molecule has 2 aliphatic heterocycles. The predicted molar refractivity (Wildman–Crippen MR) is 93.4 cm³/mol. The standard InChI is InChI=1S/C19H26N2O4/c1-13-10-20(11-14(2)25-13)12-15-5-7-16(8-6-15)18(22)21-9-3-4-17(21)19(23)24/h5-8,13-14,17H,3-4,9-12H2,1-2H3,(H,23,24). The zero-order chi connectivity index (χ0) is 18.0. The van der Waals surface area contributed by atoms with Crippen molar-refractivity contribution in [2.45, 2.75) is 51.5 Å². The number of rotatable bonds is 4. The highest BCUT2D eigenvalue weighted by molar-refractivity contribution is 5.97. The summed E-state index contributed by atoms with van der Waals surface area (Å²) in [5, 5.41) is 9.24. The van der Waals surface area contributed by atoms with Crippen LogP contribution >= 0.6 is 0 Å². The number of hydrogen-bond acceptors (Lipinski definition) is 4. The third kappa shape index (κ3) is 4.19. The number of amides is 1. The molecule has 2 fully saturated rings. The van der Waals surface area contributed by atoms with Crippen LogP contribution in [0.1, 0.15) is 42.6 Å². The zero-order valence-corrected chi connectivity index (χ0v) is 14.9. The first kappa shape index (κ1) is 17.9. The quantitative estimate of drug-likeness (QED) is 0.903. The molecule has 0 bridgehead atoms. The largest absolute Gasteiger partial charge is 0.480 e. The number of hydrogen-bond donors (Lipinski definition) is 1. The van der Waals surface area contributed by atoms with Gasteiger partial charge < -0.3 is 14.7 Å². The van der Waals surface area contributed by atoms with Gasteiger partial charge in [-0.1, -0.05) is 12.1 Å². The summed E-state index contributed by atoms with van der Waals surface area (Å²) in [7, 11) is 0. The van der Waals surface area contributed by atoms with Crippen molar-refractivity contribution in [2.75, 3.05) is 19.6 Å². The number of aliphatic carboxylic acids is 1. The van der Waals surface area contributed by atoms with E-state index >= 15 is 0 Å². The van der Waals surface area contributed by atoms with Gasteiger partial charge in [-0.25, -0.2) is 4.79 Å². The van der Waals surface area contributed by atoms with E-state index in [9.17, 15) is 14.7 Å². The molecule has 0 aliphatic carbocycles. The van der Waals surface area contributed by atoms with E-state index in [0.717, 1.165) is 31.6 Å². The second-order valence-electron chi connectivity index (χ2n) is 7.14. The molecule has 0 spiro atoms. The Morgan fingerprint density at radius 2 is 1.80 bits per heavy atom. The second kappa shape index (κ2) is 7.54. The zero-order valence-electron chi connectivity index (χ0n) is 14.9. The van der Waals surface area contributed by atoms with Gasteiger partial charge in [0.15, 0.2) is 0 Å². The average Bonchev–Trinajstić information content (AvgIpc) is 3.04. The van der Waals surface area contributed by atoms with Gasteiger partial charge in [-0.3, -0.25) is 9.69 Å². The molecule has 6 heteroatoms. The van der Waals surface area contributed by atoms with E-state index in [4.69, 9.17) is 4.74 Å². The maximum absolute atomic E-state index is 12.6. The molecule has 6 nitrogen and oxygen atoms in total. The van der Waals surface area contributed by atoms with E-state index < -0.39 is 12.0 Å². The number of carboxylic acids is 1. The summed E-state index contributed by atoms with van der Waals surface area (Å²) in [6.07, 6.45) is 1.74. The van der Waals surface area contributed by atoms with E-state index in [1.807, 2.05) is 24.3 Å². The van der Waals surface area contributed by atoms with Crippen molar-refractivity contribution < 1.29 is 19.4 Å². The second-order valence-corrected chi connectivity index (χ2v) is 7.14. The molecule has 2 saturated heterocycles. The van der Waals surface area contributed by atoms with Crippen molar-refractivity contribution in [2.24, 2.45) is 0 Å². The fourth-order valence-electron chi connectivity index (χ4n) is 3.86. The fraction of sp³-hybridized carbons (Fsp3) is 0.579. The molecule has 1 aromatic rings. The molecule has 2 aliphatic rings. The Hall–Kier alpha value is -1.92. The molecule has 0 aromatic heterocycles. The summed E-state index contributed by atoms with van der Waals surface area (Å²) < 4.78 is 5.75. The lowest BCUT2D eigenvalue weighted by atomic mass is 10.1. The maximum Gasteiger partial charge on any atom is 0.326 e. The molecule has 3 atom stereocenters. The van der Waals surface area contributed by atoms with Gasteiger partial charge in [-0.2, -0.15) is 0 Å². The number of carbonyl (C=O) groups is 2. The molecule has 0 radical (unpaired) electrons. The van der Waals surface area contributed by atoms with Gasteiger partial charge in [0, 0.05) is 31.7 Å². The highest BCUT2D eigenvalue weighted by Gasteiger charge is 2.34. The molecular formula is C19H26N2O4. The van der Waals surface area contributed by atoms with E-state index in [0.29, 0.717) is 18.5 Å². The number of ether oxygens (including phenoxy) is 1. The summed E-state index contributed by atoms with van der Waals surface area (Å²) in [6, 6.07) is 6.85. The van der Waals surface area contributed by atoms with Crippen LogP contribution in [0.15, 0.2) is 24.3 Å². The lowest BCUT2D eigenvalue weighted by Gasteiger charge is -2.35. The van der Waals surface area contributed by atoms with E-state index in [-0.39, 0.29) is 18.1 Å². The Morgan fingerprint density at radius 3 is 2.40 bits per heavy atom. The lowest BCUT2D eigenvalue weighted by molar-refractivity contribution is -0.141. The molecular weight excluding hydrogens is 320 g/mol. The van der Waals surface area contributed by atoms with Crippen LogP contribution in [0, 0.1) is 0 Å². The summed E-state index contributed by atoms with van der Waals surface area (Å²) >= 11 is 0. The first-order valence-corrected chi connectivity index (χ1v) is 8.94. The average molecular weight is 346 g/mol. The third-order valence-corrected chi connectivity index (χ3v) is 4.90. The van der Waals surface area contributed by atoms with Crippen molar-refractivity contribution in [3.05, 3.63) is 35.4 Å². The first-order chi connectivity index (χ1) is 11.9. The Kier molecular flexibility index (Phi) is 5.39. The van der Waals surface area contributed by atoms with Crippen LogP contribution in [-0.4, -0.2) is 64.7 Å². The van der Waals surface area contributed by atoms with Gasteiger partial charge in [0.25, 0.3) is 5.91 Å². The first-order valence-electron chi connectivity index (χ1n) is 8.94. The van der Waals surface area contributed by atoms with Crippen LogP contribution in [0.4, 0.5) is 0 Å². The molecule has 1 N–H and O–H groups in total. The van der Waals surface area contributed by atoms with Crippen LogP contribution in [0.25, 0.3) is 0 Å². The van der Waals surface area contributed by atoms with Crippen molar-refractivity contribution in [3.63, 3.8) is 0 Å². The van der Waals surface area contributed by atoms with Crippen LogP contribution in [0.3, 0.4) is 0 Å². The fourth-order valence-corrected chi connectivity index (χ4v) is 3.86. The van der Waals surface area contributed by atoms with Crippen molar-refractivity contribution in [1.29, 1.82) is 0 Å².